The fourth-order valence-corrected chi connectivity index (χ4v) is 11.0. The van der Waals surface area contributed by atoms with E-state index in [1.807, 2.05) is 41.5 Å². The number of anilines is 4. The van der Waals surface area contributed by atoms with Gasteiger partial charge in [-0.25, -0.2) is 54.3 Å². The minimum atomic E-state index is -0.450. The Morgan fingerprint density at radius 2 is 0.739 bits per heavy atom. The third-order valence-corrected chi connectivity index (χ3v) is 18.8. The van der Waals surface area contributed by atoms with Gasteiger partial charge in [0.1, 0.15) is 74.4 Å². The maximum Gasteiger partial charge on any atom is 0.495 e. The zero-order chi connectivity index (χ0) is 95.8. The summed E-state index contributed by atoms with van der Waals surface area (Å²) in [4.78, 5) is 95.1. The van der Waals surface area contributed by atoms with E-state index in [9.17, 15) is 4.79 Å². The SMILES string of the molecule is CO.COc1ccc(Oc2nc(Cl)ncc2N)cc1.Cc1[nH]cnc1C=O.Cl.ClCCl.[C-]#[N+]c1cncc(-c2ncc(N)c(Oc3ccc(OC)cc3)n2)c1.[C-]#[N+]c1cncc(-c2ncc(NCc3nc[nH]c3C)c(Oc3ccc(OC)cc3)n2)c1.[C-]#[N+]c1cncc(-c2ncc(NCc3nc[nH]c3C)c(Oc3ccc(OC)cc3)n2)c1.[C-]#[N+]c1cncc(B2OC(C)(C)C(C)(C)O2)c1. The first-order valence-corrected chi connectivity index (χ1v) is 40.8. The van der Waals surface area contributed by atoms with Gasteiger partial charge in [0.25, 0.3) is 0 Å². The molecule has 16 rings (SSSR count). The standard InChI is InChI=1S/2C22H19N7O2.C17H13N5O2.C12H15BN2O2.C11H10ClN3O2.C5H6N2O.CH2Cl2.CH4O.ClH/c2*1-14-19(28-13-27-14)11-25-20-12-26-21(15-8-16(23-2)10-24-9-15)29-22(20)31-18-6-4-17(30-3)5-7-18;1-19-12-7-11(8-20-9-12)16-21-10-15(18)17(22-16)24-14-5-3-13(23-2)4-6-14;1-11(2)12(3,4)17-13(16-11)9-6-10(14-5)8-15-7-9;1-16-7-2-4-8(5-3-7)17-10-9(13)6-14-11(12)15-10;1-4-5(2-8)7-3-6-4;2-1-3;1-2;/h2*4-10,12-13,25H,11H2,1,3H3,(H,27,28);3-10H,18H2,2H3;6-8H,1-4H3;2-6H,13H2,1H3;2-3H,1H3,(H,6,7);1H2;2H,1H3;1H. The molecule has 38 nitrogen and oxygen atoms in total. The van der Waals surface area contributed by atoms with Crippen molar-refractivity contribution in [2.45, 2.75) is 72.8 Å². The molecule has 43 heteroatoms. The first kappa shape index (κ1) is 103. The van der Waals surface area contributed by atoms with Gasteiger partial charge in [-0.2, -0.15) is 19.9 Å². The van der Waals surface area contributed by atoms with Crippen molar-refractivity contribution >= 4 is 112 Å². The van der Waals surface area contributed by atoms with Crippen LogP contribution < -0.4 is 65.5 Å². The number of aliphatic hydroxyl groups excluding tert-OH is 1. The number of alkyl halides is 2. The molecule has 0 aliphatic carbocycles. The molecule has 0 atom stereocenters. The van der Waals surface area contributed by atoms with Gasteiger partial charge >= 0.3 is 7.12 Å². The number of carbonyl (C=O) groups is 1. The number of H-pyrrole nitrogens is 3. The Hall–Kier alpha value is -16.2. The highest BCUT2D eigenvalue weighted by molar-refractivity contribution is 6.62. The highest BCUT2D eigenvalue weighted by Gasteiger charge is 2.52. The largest absolute Gasteiger partial charge is 0.497 e. The summed E-state index contributed by atoms with van der Waals surface area (Å²) in [6, 6.07) is 35.3. The van der Waals surface area contributed by atoms with Gasteiger partial charge in [0.2, 0.25) is 51.6 Å². The van der Waals surface area contributed by atoms with Crippen molar-refractivity contribution < 1.29 is 57.1 Å². The van der Waals surface area contributed by atoms with Gasteiger partial charge < -0.3 is 89.4 Å². The third kappa shape index (κ3) is 30.2. The molecule has 11 aromatic heterocycles. The summed E-state index contributed by atoms with van der Waals surface area (Å²) in [7, 11) is 6.95. The fourth-order valence-electron chi connectivity index (χ4n) is 10.9. The predicted molar refractivity (Wildman–Crippen MR) is 511 cm³/mol. The second-order valence-corrected chi connectivity index (χ2v) is 29.0. The molecule has 0 amide bonds. The van der Waals surface area contributed by atoms with Crippen LogP contribution in [0.25, 0.3) is 53.5 Å². The number of methoxy groups -OCH3 is 4. The number of nitrogens with two attached hydrogens (primary N) is 2. The number of nitrogens with one attached hydrogen (secondary N) is 5. The Bertz CT molecular complexity index is 6270. The van der Waals surface area contributed by atoms with Gasteiger partial charge in [-0.3, -0.25) is 24.7 Å². The molecule has 0 unspecified atom stereocenters. The van der Waals surface area contributed by atoms with E-state index in [0.717, 1.165) is 70.3 Å². The molecule has 1 aliphatic heterocycles. The number of aliphatic hydroxyl groups is 1. The zero-order valence-electron chi connectivity index (χ0n) is 74.1. The number of imidazole rings is 3. The first-order valence-electron chi connectivity index (χ1n) is 39.4. The van der Waals surface area contributed by atoms with Crippen molar-refractivity contribution in [3.8, 4) is 104 Å². The van der Waals surface area contributed by atoms with Crippen LogP contribution in [0.2, 0.25) is 5.28 Å². The maximum atomic E-state index is 10.0. The molecule has 1 fully saturated rings. The normalized spacial score (nSPS) is 11.3. The van der Waals surface area contributed by atoms with Gasteiger partial charge in [0.15, 0.2) is 23.8 Å². The molecule has 0 spiro atoms. The fraction of sp³-hybridized carbons (Fsp3) is 0.187. The van der Waals surface area contributed by atoms with Crippen LogP contribution >= 0.6 is 47.2 Å². The van der Waals surface area contributed by atoms with Crippen LogP contribution in [0.4, 0.5) is 45.5 Å². The number of hydrogen-bond donors (Lipinski definition) is 8. The van der Waals surface area contributed by atoms with Gasteiger partial charge in [0.05, 0.1) is 140 Å². The smallest absolute Gasteiger partial charge is 0.495 e. The second-order valence-electron chi connectivity index (χ2n) is 27.9. The number of pyridine rings is 4. The number of carbonyl (C=O) groups excluding carboxylic acids is 1. The van der Waals surface area contributed by atoms with Crippen LogP contribution in [-0.2, 0) is 22.4 Å². The molecule has 1 saturated heterocycles. The molecule has 0 saturated carbocycles. The summed E-state index contributed by atoms with van der Waals surface area (Å²) >= 11 is 15.2. The molecule has 0 bridgehead atoms. The van der Waals surface area contributed by atoms with Crippen LogP contribution in [0.1, 0.15) is 66.7 Å². The van der Waals surface area contributed by atoms with E-state index in [1.54, 1.807) is 207 Å². The number of benzene rings is 4. The molecule has 1 aliphatic rings. The minimum Gasteiger partial charge on any atom is -0.497 e. The Morgan fingerprint density at radius 1 is 0.433 bits per heavy atom. The Labute approximate surface area is 792 Å². The van der Waals surface area contributed by atoms with E-state index in [1.165, 1.54) is 43.5 Å². The number of ether oxygens (including phenoxy) is 8. The molecule has 0 radical (unpaired) electrons. The Balaban J connectivity index is 0.000000202. The van der Waals surface area contributed by atoms with E-state index in [2.05, 4.69) is 120 Å². The van der Waals surface area contributed by atoms with Gasteiger partial charge in [-0.05, 0) is 181 Å². The van der Waals surface area contributed by atoms with Gasteiger partial charge in [-0.15, -0.1) is 35.6 Å². The number of aromatic nitrogens is 18. The topological polar surface area (TPSA) is 464 Å². The minimum absolute atomic E-state index is 0. The highest BCUT2D eigenvalue weighted by Crippen LogP contribution is 2.39. The van der Waals surface area contributed by atoms with E-state index in [0.29, 0.717) is 133 Å². The Kier molecular flexibility index (Phi) is 39.9. The molecular weight excluding hydrogens is 1800 g/mol. The second kappa shape index (κ2) is 51.8. The van der Waals surface area contributed by atoms with Crippen molar-refractivity contribution in [3.05, 3.63) is 300 Å². The molecule has 15 aromatic rings. The Morgan fingerprint density at radius 3 is 1.06 bits per heavy atom. The maximum absolute atomic E-state index is 10.0. The lowest BCUT2D eigenvalue weighted by atomic mass is 9.80. The van der Waals surface area contributed by atoms with E-state index in [4.69, 9.17) is 125 Å². The quantitative estimate of drug-likeness (QED) is 0.00969. The number of hydrogen-bond acceptors (Lipinski definition) is 31. The van der Waals surface area contributed by atoms with Crippen LogP contribution in [0.15, 0.2) is 215 Å². The van der Waals surface area contributed by atoms with Crippen LogP contribution in [0.5, 0.6) is 69.5 Å². The summed E-state index contributed by atoms with van der Waals surface area (Å²) in [5.41, 5.74) is 22.1. The molecule has 10 N–H and O–H groups in total. The van der Waals surface area contributed by atoms with Crippen LogP contribution in [-0.4, -0.2) is 160 Å². The molecule has 134 heavy (non-hydrogen) atoms. The lowest BCUT2D eigenvalue weighted by Gasteiger charge is -2.32. The van der Waals surface area contributed by atoms with E-state index < -0.39 is 7.12 Å². The number of rotatable bonds is 23. The summed E-state index contributed by atoms with van der Waals surface area (Å²) in [6.07, 6.45) is 24.2. The van der Waals surface area contributed by atoms with Crippen molar-refractivity contribution in [2.24, 2.45) is 0 Å². The van der Waals surface area contributed by atoms with Crippen LogP contribution in [0, 0.1) is 47.1 Å². The lowest BCUT2D eigenvalue weighted by Crippen LogP contribution is -2.41. The number of aromatic amines is 3. The highest BCUT2D eigenvalue weighted by atomic mass is 35.5. The lowest BCUT2D eigenvalue weighted by molar-refractivity contribution is 0.00578. The average Bonchev–Trinajstić information content (AvgIpc) is 1.62. The molecule has 12 heterocycles. The summed E-state index contributed by atoms with van der Waals surface area (Å²) in [6.45, 7) is 43.1. The molecule has 4 aromatic carbocycles. The third-order valence-electron chi connectivity index (χ3n) is 18.6. The summed E-state index contributed by atoms with van der Waals surface area (Å²) in [5.74, 6) is 7.61. The van der Waals surface area contributed by atoms with Crippen molar-refractivity contribution in [2.75, 3.05) is 63.0 Å². The molecule has 686 valence electrons. The van der Waals surface area contributed by atoms with E-state index >= 15 is 0 Å². The van der Waals surface area contributed by atoms with Crippen LogP contribution in [0.3, 0.4) is 0 Å². The van der Waals surface area contributed by atoms with Crippen molar-refractivity contribution in [1.29, 1.82) is 0 Å². The average molecular weight is 1890 g/mol. The first-order chi connectivity index (χ1) is 64.3. The van der Waals surface area contributed by atoms with Gasteiger partial charge in [-0.1, -0.05) is 6.07 Å². The summed E-state index contributed by atoms with van der Waals surface area (Å²) in [5, 5.41) is 13.8. The number of nitrogen functional groups attached to an aromatic ring is 2. The number of halogens is 4. The van der Waals surface area contributed by atoms with Gasteiger partial charge in [0, 0.05) is 90.5 Å². The predicted octanol–water partition coefficient (Wildman–Crippen LogP) is 19.0. The zero-order valence-corrected chi connectivity index (χ0v) is 77.2. The number of nitrogens with zero attached hydrogens (tertiary/aromatic N) is 19. The van der Waals surface area contributed by atoms with Crippen molar-refractivity contribution in [1.82, 2.24) is 89.7 Å². The number of aldehydes is 1. The molecular formula is C91H89BCl4N26O12. The summed E-state index contributed by atoms with van der Waals surface area (Å²) < 4.78 is 55.6. The van der Waals surface area contributed by atoms with Crippen molar-refractivity contribution in [3.63, 3.8) is 0 Å². The van der Waals surface area contributed by atoms with E-state index in [-0.39, 0.29) is 46.0 Å². The monoisotopic (exact) mass is 1890 g/mol. The number of aryl methyl sites for hydroxylation is 3.